The summed E-state index contributed by atoms with van der Waals surface area (Å²) in [5, 5.41) is 5.81. The van der Waals surface area contributed by atoms with E-state index in [2.05, 4.69) is 15.6 Å². The predicted molar refractivity (Wildman–Crippen MR) is 109 cm³/mol. The summed E-state index contributed by atoms with van der Waals surface area (Å²) in [6, 6.07) is 9.95. The van der Waals surface area contributed by atoms with Gasteiger partial charge in [0, 0.05) is 31.0 Å². The Morgan fingerprint density at radius 2 is 2.04 bits per heavy atom. The standard InChI is InChI=1S/C19H23ClN4O3S/c1-14-11-17(13-21-18(14)20)28(26,27)24-10-6-5-9-16(24)12-22-19(25)23-15-7-3-2-4-8-15/h2-4,7-8,11,13,16H,5-6,9-10,12H2,1H3,(H2,22,23,25). The summed E-state index contributed by atoms with van der Waals surface area (Å²) in [6.07, 6.45) is 3.67. The van der Waals surface area contributed by atoms with Crippen LogP contribution in [0.2, 0.25) is 5.15 Å². The molecule has 2 N–H and O–H groups in total. The number of carbonyl (C=O) groups is 1. The first-order valence-electron chi connectivity index (χ1n) is 9.12. The number of nitrogens with zero attached hydrogens (tertiary/aromatic N) is 2. The number of amides is 2. The smallest absolute Gasteiger partial charge is 0.319 e. The van der Waals surface area contributed by atoms with Crippen LogP contribution in [0.4, 0.5) is 10.5 Å². The number of piperidine rings is 1. The number of halogens is 1. The summed E-state index contributed by atoms with van der Waals surface area (Å²) in [6.45, 7) is 2.37. The van der Waals surface area contributed by atoms with Crippen molar-refractivity contribution in [1.29, 1.82) is 0 Å². The third kappa shape index (κ3) is 4.81. The molecule has 1 aliphatic heterocycles. The Morgan fingerprint density at radius 3 is 2.75 bits per heavy atom. The lowest BCUT2D eigenvalue weighted by molar-refractivity contribution is 0.231. The number of nitrogens with one attached hydrogen (secondary N) is 2. The zero-order valence-electron chi connectivity index (χ0n) is 15.6. The van der Waals surface area contributed by atoms with Gasteiger partial charge in [0.05, 0.1) is 0 Å². The average Bonchev–Trinajstić information content (AvgIpc) is 2.69. The van der Waals surface area contributed by atoms with Crippen LogP contribution in [0.25, 0.3) is 0 Å². The number of benzene rings is 1. The molecule has 150 valence electrons. The Morgan fingerprint density at radius 1 is 1.29 bits per heavy atom. The van der Waals surface area contributed by atoms with Crippen LogP contribution in [0.3, 0.4) is 0 Å². The van der Waals surface area contributed by atoms with E-state index in [-0.39, 0.29) is 28.7 Å². The number of hydrogen-bond acceptors (Lipinski definition) is 4. The number of aromatic nitrogens is 1. The third-order valence-corrected chi connectivity index (χ3v) is 7.01. The van der Waals surface area contributed by atoms with E-state index in [1.807, 2.05) is 18.2 Å². The zero-order chi connectivity index (χ0) is 20.1. The molecule has 1 atom stereocenters. The summed E-state index contributed by atoms with van der Waals surface area (Å²) in [5.41, 5.74) is 1.28. The van der Waals surface area contributed by atoms with Gasteiger partial charge in [-0.05, 0) is 43.5 Å². The Hall–Kier alpha value is -2.16. The highest BCUT2D eigenvalue weighted by molar-refractivity contribution is 7.89. The topological polar surface area (TPSA) is 91.4 Å². The van der Waals surface area contributed by atoms with Crippen LogP contribution in [0, 0.1) is 6.92 Å². The largest absolute Gasteiger partial charge is 0.336 e. The average molecular weight is 423 g/mol. The van der Waals surface area contributed by atoms with Gasteiger partial charge in [-0.15, -0.1) is 0 Å². The normalized spacial score (nSPS) is 17.9. The van der Waals surface area contributed by atoms with E-state index in [4.69, 9.17) is 11.6 Å². The molecule has 1 aliphatic rings. The number of carbonyl (C=O) groups excluding carboxylic acids is 1. The fourth-order valence-electron chi connectivity index (χ4n) is 3.21. The summed E-state index contributed by atoms with van der Waals surface area (Å²) < 4.78 is 27.7. The van der Waals surface area contributed by atoms with Crippen molar-refractivity contribution in [2.45, 2.75) is 37.1 Å². The molecule has 2 aromatic rings. The van der Waals surface area contributed by atoms with E-state index in [9.17, 15) is 13.2 Å². The molecular weight excluding hydrogens is 400 g/mol. The lowest BCUT2D eigenvalue weighted by atomic mass is 10.1. The molecule has 2 heterocycles. The van der Waals surface area contributed by atoms with Crippen LogP contribution >= 0.6 is 11.6 Å². The fraction of sp³-hybridized carbons (Fsp3) is 0.368. The van der Waals surface area contributed by atoms with Crippen molar-refractivity contribution in [2.75, 3.05) is 18.4 Å². The number of rotatable bonds is 5. The zero-order valence-corrected chi connectivity index (χ0v) is 17.1. The molecule has 2 amide bonds. The molecule has 3 rings (SSSR count). The number of para-hydroxylation sites is 1. The van der Waals surface area contributed by atoms with E-state index in [0.717, 1.165) is 12.8 Å². The molecule has 7 nitrogen and oxygen atoms in total. The minimum atomic E-state index is -3.72. The SMILES string of the molecule is Cc1cc(S(=O)(=O)N2CCCCC2CNC(=O)Nc2ccccc2)cnc1Cl. The minimum absolute atomic E-state index is 0.120. The lowest BCUT2D eigenvalue weighted by Gasteiger charge is -2.34. The maximum Gasteiger partial charge on any atom is 0.319 e. The monoisotopic (exact) mass is 422 g/mol. The van der Waals surface area contributed by atoms with Crippen LogP contribution in [-0.4, -0.2) is 42.9 Å². The first-order chi connectivity index (χ1) is 13.4. The number of urea groups is 1. The van der Waals surface area contributed by atoms with E-state index in [1.165, 1.54) is 16.6 Å². The van der Waals surface area contributed by atoms with Crippen molar-refractivity contribution in [3.8, 4) is 0 Å². The van der Waals surface area contributed by atoms with Gasteiger partial charge in [0.2, 0.25) is 10.0 Å². The van der Waals surface area contributed by atoms with Crippen LogP contribution < -0.4 is 10.6 Å². The van der Waals surface area contributed by atoms with Gasteiger partial charge in [-0.1, -0.05) is 36.2 Å². The van der Waals surface area contributed by atoms with Crippen molar-refractivity contribution in [3.63, 3.8) is 0 Å². The van der Waals surface area contributed by atoms with Crippen LogP contribution in [-0.2, 0) is 10.0 Å². The first-order valence-corrected chi connectivity index (χ1v) is 10.9. The maximum absolute atomic E-state index is 13.1. The fourth-order valence-corrected chi connectivity index (χ4v) is 5.04. The van der Waals surface area contributed by atoms with Crippen molar-refractivity contribution >= 4 is 33.3 Å². The number of sulfonamides is 1. The maximum atomic E-state index is 13.1. The van der Waals surface area contributed by atoms with E-state index in [1.54, 1.807) is 19.1 Å². The summed E-state index contributed by atoms with van der Waals surface area (Å²) >= 11 is 5.92. The molecular formula is C19H23ClN4O3S. The molecule has 0 saturated carbocycles. The van der Waals surface area contributed by atoms with Gasteiger partial charge in [0.25, 0.3) is 0 Å². The highest BCUT2D eigenvalue weighted by Crippen LogP contribution is 2.26. The third-order valence-electron chi connectivity index (χ3n) is 4.70. The Bertz CT molecular complexity index is 937. The van der Waals surface area contributed by atoms with Gasteiger partial charge >= 0.3 is 6.03 Å². The molecule has 1 aromatic carbocycles. The Balaban J connectivity index is 1.69. The van der Waals surface area contributed by atoms with Gasteiger partial charge in [0.1, 0.15) is 10.0 Å². The van der Waals surface area contributed by atoms with Crippen molar-refractivity contribution in [1.82, 2.24) is 14.6 Å². The molecule has 1 fully saturated rings. The Labute approximate surface area is 170 Å². The van der Waals surface area contributed by atoms with Gasteiger partial charge in [-0.3, -0.25) is 0 Å². The van der Waals surface area contributed by atoms with Gasteiger partial charge in [0.15, 0.2) is 0 Å². The Kier molecular flexibility index (Phi) is 6.53. The predicted octanol–water partition coefficient (Wildman–Crippen LogP) is 3.41. The van der Waals surface area contributed by atoms with Gasteiger partial charge in [-0.25, -0.2) is 18.2 Å². The van der Waals surface area contributed by atoms with Gasteiger partial charge in [-0.2, -0.15) is 4.31 Å². The van der Waals surface area contributed by atoms with Crippen LogP contribution in [0.5, 0.6) is 0 Å². The van der Waals surface area contributed by atoms with Crippen LogP contribution in [0.1, 0.15) is 24.8 Å². The second-order valence-corrected chi connectivity index (χ2v) is 8.99. The van der Waals surface area contributed by atoms with Crippen molar-refractivity contribution in [3.05, 3.63) is 53.3 Å². The van der Waals surface area contributed by atoms with E-state index >= 15 is 0 Å². The molecule has 0 bridgehead atoms. The number of pyridine rings is 1. The molecule has 9 heteroatoms. The molecule has 28 heavy (non-hydrogen) atoms. The highest BCUT2D eigenvalue weighted by atomic mass is 35.5. The molecule has 0 radical (unpaired) electrons. The van der Waals surface area contributed by atoms with Crippen molar-refractivity contribution < 1.29 is 13.2 Å². The highest BCUT2D eigenvalue weighted by Gasteiger charge is 2.34. The molecule has 1 saturated heterocycles. The molecule has 1 unspecified atom stereocenters. The summed E-state index contributed by atoms with van der Waals surface area (Å²) in [7, 11) is -3.72. The van der Waals surface area contributed by atoms with E-state index < -0.39 is 10.0 Å². The lowest BCUT2D eigenvalue weighted by Crippen LogP contribution is -2.49. The molecule has 1 aromatic heterocycles. The number of hydrogen-bond donors (Lipinski definition) is 2. The van der Waals surface area contributed by atoms with Gasteiger partial charge < -0.3 is 10.6 Å². The van der Waals surface area contributed by atoms with Crippen LogP contribution in [0.15, 0.2) is 47.5 Å². The summed E-state index contributed by atoms with van der Waals surface area (Å²) in [4.78, 5) is 16.2. The molecule has 0 spiro atoms. The van der Waals surface area contributed by atoms with E-state index in [0.29, 0.717) is 24.2 Å². The van der Waals surface area contributed by atoms with Crippen molar-refractivity contribution in [2.24, 2.45) is 0 Å². The second kappa shape index (κ2) is 8.89. The quantitative estimate of drug-likeness (QED) is 0.722. The second-order valence-electron chi connectivity index (χ2n) is 6.75. The minimum Gasteiger partial charge on any atom is -0.336 e. The first kappa shape index (κ1) is 20.6. The number of anilines is 1. The molecule has 0 aliphatic carbocycles. The summed E-state index contributed by atoms with van der Waals surface area (Å²) in [5.74, 6) is 0. The number of aryl methyl sites for hydroxylation is 1.